The Labute approximate surface area is 149 Å². The van der Waals surface area contributed by atoms with E-state index < -0.39 is 18.0 Å². The molecule has 1 unspecified atom stereocenters. The number of carbonyl (C=O) groups excluding carboxylic acids is 2. The Morgan fingerprint density at radius 2 is 2.24 bits per heavy atom. The van der Waals surface area contributed by atoms with Crippen molar-refractivity contribution in [3.8, 4) is 0 Å². The lowest BCUT2D eigenvalue weighted by molar-refractivity contribution is -0.104. The second-order valence-corrected chi connectivity index (χ2v) is 5.81. The van der Waals surface area contributed by atoms with Gasteiger partial charge in [0.1, 0.15) is 6.10 Å². The van der Waals surface area contributed by atoms with Crippen molar-refractivity contribution in [2.75, 3.05) is 18.9 Å². The number of nitrogens with two attached hydrogens (primary N) is 2. The molecule has 0 saturated heterocycles. The lowest BCUT2D eigenvalue weighted by Crippen LogP contribution is -2.30. The summed E-state index contributed by atoms with van der Waals surface area (Å²) in [6.45, 7) is 0.336. The van der Waals surface area contributed by atoms with E-state index in [0.717, 1.165) is 6.20 Å². The molecule has 0 aromatic heterocycles. The van der Waals surface area contributed by atoms with Crippen molar-refractivity contribution in [2.24, 2.45) is 11.5 Å². The fourth-order valence-electron chi connectivity index (χ4n) is 2.36. The molecule has 1 aromatic rings. The number of benzene rings is 1. The standard InChI is InChI=1S/C16H18ClFN4O3/c1-22(13(20)6-9(7-19)8-23)5-4-12-14-11(21-16(24)25-12)3-2-10(17)15(14)18/h2-3,6-8,12H,4-5,19-20H2,1H3,(H,21,24)/b9-7+,13-6+. The molecule has 7 nitrogen and oxygen atoms in total. The van der Waals surface area contributed by atoms with Crippen LogP contribution < -0.4 is 16.8 Å². The van der Waals surface area contributed by atoms with Gasteiger partial charge in [-0.25, -0.2) is 9.18 Å². The highest BCUT2D eigenvalue weighted by Crippen LogP contribution is 2.37. The number of anilines is 1. The van der Waals surface area contributed by atoms with Crippen molar-refractivity contribution in [3.05, 3.63) is 52.2 Å². The van der Waals surface area contributed by atoms with Gasteiger partial charge in [0.2, 0.25) is 0 Å². The number of hydrogen-bond donors (Lipinski definition) is 3. The predicted molar refractivity (Wildman–Crippen MR) is 92.1 cm³/mol. The molecule has 1 aliphatic heterocycles. The first-order valence-corrected chi connectivity index (χ1v) is 7.76. The molecule has 1 amide bonds. The number of hydrogen-bond acceptors (Lipinski definition) is 6. The normalized spacial score (nSPS) is 17.4. The summed E-state index contributed by atoms with van der Waals surface area (Å²) < 4.78 is 19.5. The lowest BCUT2D eigenvalue weighted by Gasteiger charge is -2.29. The van der Waals surface area contributed by atoms with Gasteiger partial charge in [-0.3, -0.25) is 10.1 Å². The summed E-state index contributed by atoms with van der Waals surface area (Å²) in [7, 11) is 1.68. The van der Waals surface area contributed by atoms with Gasteiger partial charge in [0.05, 0.1) is 22.1 Å². The summed E-state index contributed by atoms with van der Waals surface area (Å²) in [5.74, 6) is -0.347. The SMILES string of the molecule is CN(CCC1OC(=O)Nc2ccc(Cl)c(F)c21)/C(N)=C/C(C=O)=C\N. The number of fused-ring (bicyclic) bond motifs is 1. The van der Waals surface area contributed by atoms with Crippen LogP contribution in [0.1, 0.15) is 18.1 Å². The Bertz CT molecular complexity index is 751. The number of nitrogens with zero attached hydrogens (tertiary/aromatic N) is 1. The Morgan fingerprint density at radius 3 is 2.88 bits per heavy atom. The predicted octanol–water partition coefficient (Wildman–Crippen LogP) is 2.25. The Morgan fingerprint density at radius 1 is 1.52 bits per heavy atom. The number of nitrogens with one attached hydrogen (secondary N) is 1. The molecule has 25 heavy (non-hydrogen) atoms. The highest BCUT2D eigenvalue weighted by atomic mass is 35.5. The van der Waals surface area contributed by atoms with Crippen LogP contribution in [0.15, 0.2) is 35.8 Å². The van der Waals surface area contributed by atoms with E-state index >= 15 is 0 Å². The largest absolute Gasteiger partial charge is 0.441 e. The minimum atomic E-state index is -0.812. The highest BCUT2D eigenvalue weighted by molar-refractivity contribution is 6.31. The van der Waals surface area contributed by atoms with Crippen molar-refractivity contribution in [1.29, 1.82) is 0 Å². The molecule has 1 aliphatic rings. The fourth-order valence-corrected chi connectivity index (χ4v) is 2.53. The third kappa shape index (κ3) is 4.21. The second-order valence-electron chi connectivity index (χ2n) is 5.41. The van der Waals surface area contributed by atoms with Gasteiger partial charge >= 0.3 is 6.09 Å². The maximum atomic E-state index is 14.3. The van der Waals surface area contributed by atoms with Crippen LogP contribution in [0, 0.1) is 5.82 Å². The molecule has 134 valence electrons. The zero-order valence-corrected chi connectivity index (χ0v) is 14.2. The van der Waals surface area contributed by atoms with Gasteiger partial charge in [-0.15, -0.1) is 0 Å². The van der Waals surface area contributed by atoms with E-state index in [9.17, 15) is 14.0 Å². The maximum Gasteiger partial charge on any atom is 0.412 e. The third-order valence-corrected chi connectivity index (χ3v) is 4.04. The van der Waals surface area contributed by atoms with E-state index in [1.807, 2.05) is 0 Å². The molecule has 0 bridgehead atoms. The minimum absolute atomic E-state index is 0.0556. The zero-order valence-electron chi connectivity index (χ0n) is 13.5. The van der Waals surface area contributed by atoms with Gasteiger partial charge in [0, 0.05) is 31.8 Å². The fraction of sp³-hybridized carbons (Fsp3) is 0.250. The number of halogens is 2. The van der Waals surface area contributed by atoms with Crippen molar-refractivity contribution >= 4 is 29.7 Å². The van der Waals surface area contributed by atoms with Crippen LogP contribution in [0.4, 0.5) is 14.9 Å². The maximum absolute atomic E-state index is 14.3. The zero-order chi connectivity index (χ0) is 18.6. The van der Waals surface area contributed by atoms with Crippen LogP contribution >= 0.6 is 11.6 Å². The number of allylic oxidation sites excluding steroid dienone is 2. The van der Waals surface area contributed by atoms with Gasteiger partial charge in [-0.2, -0.15) is 0 Å². The molecule has 9 heteroatoms. The lowest BCUT2D eigenvalue weighted by atomic mass is 10.0. The summed E-state index contributed by atoms with van der Waals surface area (Å²) in [5, 5.41) is 2.38. The quantitative estimate of drug-likeness (QED) is 0.403. The number of rotatable bonds is 6. The number of cyclic esters (lactones) is 1. The number of ether oxygens (including phenoxy) is 1. The van der Waals surface area contributed by atoms with E-state index in [2.05, 4.69) is 5.32 Å². The van der Waals surface area contributed by atoms with Crippen LogP contribution in [0.3, 0.4) is 0 Å². The first kappa shape index (κ1) is 18.6. The van der Waals surface area contributed by atoms with Gasteiger partial charge < -0.3 is 21.1 Å². The Kier molecular flexibility index (Phi) is 5.87. The summed E-state index contributed by atoms with van der Waals surface area (Å²) >= 11 is 5.82. The van der Waals surface area contributed by atoms with Crippen molar-refractivity contribution in [3.63, 3.8) is 0 Å². The van der Waals surface area contributed by atoms with Crippen LogP contribution in [-0.2, 0) is 9.53 Å². The summed E-state index contributed by atoms with van der Waals surface area (Å²) in [6.07, 6.45) is 1.91. The molecule has 1 aromatic carbocycles. The first-order chi connectivity index (χ1) is 11.9. The van der Waals surface area contributed by atoms with E-state index in [1.54, 1.807) is 11.9 Å². The molecule has 0 aliphatic carbocycles. The highest BCUT2D eigenvalue weighted by Gasteiger charge is 2.30. The molecule has 0 saturated carbocycles. The number of aldehydes is 1. The summed E-state index contributed by atoms with van der Waals surface area (Å²) in [6, 6.07) is 2.89. The second kappa shape index (κ2) is 7.89. The van der Waals surface area contributed by atoms with Gasteiger partial charge in [0.25, 0.3) is 0 Å². The molecular formula is C16H18ClFN4O3. The van der Waals surface area contributed by atoms with Gasteiger partial charge in [-0.1, -0.05) is 11.6 Å². The summed E-state index contributed by atoms with van der Waals surface area (Å²) in [4.78, 5) is 24.0. The third-order valence-electron chi connectivity index (χ3n) is 3.75. The van der Waals surface area contributed by atoms with Crippen LogP contribution in [-0.4, -0.2) is 30.9 Å². The van der Waals surface area contributed by atoms with Crippen molar-refractivity contribution < 1.29 is 18.7 Å². The van der Waals surface area contributed by atoms with E-state index in [0.29, 0.717) is 18.5 Å². The molecule has 0 fully saturated rings. The molecule has 1 heterocycles. The average molecular weight is 369 g/mol. The monoisotopic (exact) mass is 368 g/mol. The van der Waals surface area contributed by atoms with E-state index in [1.165, 1.54) is 18.2 Å². The minimum Gasteiger partial charge on any atom is -0.441 e. The Balaban J connectivity index is 2.15. The number of amides is 1. The van der Waals surface area contributed by atoms with E-state index in [-0.39, 0.29) is 28.4 Å². The van der Waals surface area contributed by atoms with Crippen molar-refractivity contribution in [1.82, 2.24) is 4.90 Å². The topological polar surface area (TPSA) is 111 Å². The Hall–Kier alpha value is -2.74. The molecule has 0 radical (unpaired) electrons. The van der Waals surface area contributed by atoms with Crippen LogP contribution in [0.5, 0.6) is 0 Å². The average Bonchev–Trinajstić information content (AvgIpc) is 2.59. The van der Waals surface area contributed by atoms with Crippen molar-refractivity contribution in [2.45, 2.75) is 12.5 Å². The smallest absolute Gasteiger partial charge is 0.412 e. The van der Waals surface area contributed by atoms with Gasteiger partial charge in [-0.05, 0) is 18.2 Å². The molecule has 0 spiro atoms. The first-order valence-electron chi connectivity index (χ1n) is 7.38. The van der Waals surface area contributed by atoms with Gasteiger partial charge in [0.15, 0.2) is 12.1 Å². The molecule has 2 rings (SSSR count). The molecule has 5 N–H and O–H groups in total. The molecule has 1 atom stereocenters. The van der Waals surface area contributed by atoms with E-state index in [4.69, 9.17) is 27.8 Å². The molecular weight excluding hydrogens is 351 g/mol. The van der Waals surface area contributed by atoms with Crippen LogP contribution in [0.25, 0.3) is 0 Å². The summed E-state index contributed by atoms with van der Waals surface area (Å²) in [5.41, 5.74) is 11.9. The van der Waals surface area contributed by atoms with Crippen LogP contribution in [0.2, 0.25) is 5.02 Å². The number of carbonyl (C=O) groups is 2.